The van der Waals surface area contributed by atoms with Gasteiger partial charge in [0.2, 0.25) is 0 Å². The Hall–Kier alpha value is -2.13. The number of nitrogens with one attached hydrogen (secondary N) is 1. The number of aromatic nitrogens is 2. The van der Waals surface area contributed by atoms with E-state index in [1.165, 1.54) is 13.1 Å². The molecule has 1 aromatic heterocycles. The van der Waals surface area contributed by atoms with Gasteiger partial charge in [-0.15, -0.1) is 0 Å². The minimum atomic E-state index is -1.46. The maximum Gasteiger partial charge on any atom is 0.330 e. The summed E-state index contributed by atoms with van der Waals surface area (Å²) in [4.78, 5) is 27.8. The number of aryl methyl sites for hydroxylation is 1. The molecule has 0 aliphatic carbocycles. The number of aromatic amines is 1. The summed E-state index contributed by atoms with van der Waals surface area (Å²) in [7, 11) is 0. The van der Waals surface area contributed by atoms with Gasteiger partial charge < -0.3 is 14.9 Å². The Balaban J connectivity index is 2.36. The van der Waals surface area contributed by atoms with E-state index in [1.54, 1.807) is 0 Å². The number of azide groups is 1. The van der Waals surface area contributed by atoms with Crippen molar-refractivity contribution in [2.24, 2.45) is 5.11 Å². The summed E-state index contributed by atoms with van der Waals surface area (Å²) in [6, 6.07) is 0. The molecule has 0 saturated carbocycles. The molecule has 0 spiro atoms. The Bertz CT molecular complexity index is 691. The molecule has 0 aromatic carbocycles. The number of rotatable bonds is 4. The summed E-state index contributed by atoms with van der Waals surface area (Å²) in [6.07, 6.45) is -0.645. The molecule has 1 aliphatic heterocycles. The average Bonchev–Trinajstić information content (AvgIpc) is 2.78. The van der Waals surface area contributed by atoms with Gasteiger partial charge in [-0.1, -0.05) is 5.11 Å². The van der Waals surface area contributed by atoms with E-state index in [4.69, 9.17) is 10.3 Å². The molecule has 1 fully saturated rings. The zero-order valence-corrected chi connectivity index (χ0v) is 11.3. The molecule has 1 aliphatic rings. The number of hydrogen-bond acceptors (Lipinski definition) is 6. The lowest BCUT2D eigenvalue weighted by atomic mass is 9.98. The number of hydrogen-bond donors (Lipinski definition) is 3. The van der Waals surface area contributed by atoms with Crippen LogP contribution in [-0.4, -0.2) is 44.6 Å². The Labute approximate surface area is 118 Å². The van der Waals surface area contributed by atoms with Crippen LogP contribution in [0, 0.1) is 6.92 Å². The monoisotopic (exact) mass is 297 g/mol. The van der Waals surface area contributed by atoms with E-state index >= 15 is 0 Å². The summed E-state index contributed by atoms with van der Waals surface area (Å²) in [5.74, 6) is 0. The SMILES string of the molecule is Cc1cn([C@H]2C[C@H](O)[C@](CO)(CN=[N+]=[N-])O2)c(=O)[nH]c1=O. The third-order valence-electron chi connectivity index (χ3n) is 3.53. The summed E-state index contributed by atoms with van der Waals surface area (Å²) in [5.41, 5.74) is 6.03. The molecular weight excluding hydrogens is 282 g/mol. The lowest BCUT2D eigenvalue weighted by Gasteiger charge is -2.28. The molecule has 10 nitrogen and oxygen atoms in total. The molecule has 114 valence electrons. The summed E-state index contributed by atoms with van der Waals surface area (Å²) in [5, 5.41) is 22.8. The van der Waals surface area contributed by atoms with E-state index in [2.05, 4.69) is 15.0 Å². The minimum absolute atomic E-state index is 0.0207. The van der Waals surface area contributed by atoms with Crippen molar-refractivity contribution < 1.29 is 14.9 Å². The first-order chi connectivity index (χ1) is 9.93. The van der Waals surface area contributed by atoms with Crippen molar-refractivity contribution in [1.82, 2.24) is 9.55 Å². The molecule has 10 heteroatoms. The Kier molecular flexibility index (Phi) is 4.14. The summed E-state index contributed by atoms with van der Waals surface area (Å²) in [6.45, 7) is 0.689. The smallest absolute Gasteiger partial charge is 0.330 e. The van der Waals surface area contributed by atoms with Crippen LogP contribution < -0.4 is 11.2 Å². The van der Waals surface area contributed by atoms with Gasteiger partial charge in [0.1, 0.15) is 11.8 Å². The molecule has 3 atom stereocenters. The quantitative estimate of drug-likeness (QED) is 0.376. The third kappa shape index (κ3) is 2.69. The van der Waals surface area contributed by atoms with E-state index in [0.717, 1.165) is 4.57 Å². The molecule has 0 amide bonds. The van der Waals surface area contributed by atoms with Crippen LogP contribution in [0.4, 0.5) is 0 Å². The molecule has 3 N–H and O–H groups in total. The fourth-order valence-corrected chi connectivity index (χ4v) is 2.26. The van der Waals surface area contributed by atoms with Gasteiger partial charge >= 0.3 is 5.69 Å². The van der Waals surface area contributed by atoms with Crippen molar-refractivity contribution in [3.05, 3.63) is 43.0 Å². The molecule has 1 saturated heterocycles. The largest absolute Gasteiger partial charge is 0.393 e. The van der Waals surface area contributed by atoms with E-state index < -0.39 is 35.8 Å². The molecule has 0 radical (unpaired) electrons. The van der Waals surface area contributed by atoms with Crippen LogP contribution in [-0.2, 0) is 4.74 Å². The third-order valence-corrected chi connectivity index (χ3v) is 3.53. The second-order valence-corrected chi connectivity index (χ2v) is 4.91. The van der Waals surface area contributed by atoms with E-state index in [1.807, 2.05) is 0 Å². The minimum Gasteiger partial charge on any atom is -0.393 e. The maximum absolute atomic E-state index is 11.8. The first kappa shape index (κ1) is 15.3. The van der Waals surface area contributed by atoms with Gasteiger partial charge in [0.05, 0.1) is 19.3 Å². The van der Waals surface area contributed by atoms with Gasteiger partial charge in [0.15, 0.2) is 0 Å². The molecule has 21 heavy (non-hydrogen) atoms. The summed E-state index contributed by atoms with van der Waals surface area (Å²) < 4.78 is 6.68. The van der Waals surface area contributed by atoms with Crippen molar-refractivity contribution in [2.75, 3.05) is 13.2 Å². The fraction of sp³-hybridized carbons (Fsp3) is 0.636. The lowest BCUT2D eigenvalue weighted by molar-refractivity contribution is -0.122. The zero-order valence-electron chi connectivity index (χ0n) is 11.3. The molecule has 1 aromatic rings. The van der Waals surface area contributed by atoms with Crippen LogP contribution in [0.15, 0.2) is 20.9 Å². The predicted octanol–water partition coefficient (Wildman–Crippen LogP) is -0.834. The average molecular weight is 297 g/mol. The summed E-state index contributed by atoms with van der Waals surface area (Å²) >= 11 is 0. The van der Waals surface area contributed by atoms with Crippen LogP contribution in [0.25, 0.3) is 10.4 Å². The van der Waals surface area contributed by atoms with Crippen LogP contribution >= 0.6 is 0 Å². The molecular formula is C11H15N5O5. The number of aliphatic hydroxyl groups is 2. The first-order valence-corrected chi connectivity index (χ1v) is 6.23. The highest BCUT2D eigenvalue weighted by atomic mass is 16.6. The molecule has 0 unspecified atom stereocenters. The molecule has 0 bridgehead atoms. The molecule has 2 rings (SSSR count). The van der Waals surface area contributed by atoms with Gasteiger partial charge in [-0.3, -0.25) is 14.3 Å². The standard InChI is InChI=1S/C11H15N5O5/c1-6-3-16(10(20)14-9(6)19)8-2-7(18)11(5-17,21-8)4-13-15-12/h3,7-8,17-18H,2,4-5H2,1H3,(H,14,19,20)/t7-,8+,11+/m0/s1. The lowest BCUT2D eigenvalue weighted by Crippen LogP contribution is -2.46. The maximum atomic E-state index is 11.8. The van der Waals surface area contributed by atoms with Crippen LogP contribution in [0.2, 0.25) is 0 Å². The van der Waals surface area contributed by atoms with Crippen LogP contribution in [0.1, 0.15) is 18.2 Å². The van der Waals surface area contributed by atoms with Gasteiger partial charge in [0, 0.05) is 23.1 Å². The van der Waals surface area contributed by atoms with E-state index in [-0.39, 0.29) is 13.0 Å². The highest BCUT2D eigenvalue weighted by Crippen LogP contribution is 2.36. The van der Waals surface area contributed by atoms with Gasteiger partial charge in [-0.2, -0.15) is 0 Å². The number of aliphatic hydroxyl groups excluding tert-OH is 2. The Morgan fingerprint density at radius 2 is 2.38 bits per heavy atom. The highest BCUT2D eigenvalue weighted by molar-refractivity contribution is 5.04. The number of ether oxygens (including phenoxy) is 1. The zero-order chi connectivity index (χ0) is 15.6. The van der Waals surface area contributed by atoms with Gasteiger partial charge in [-0.25, -0.2) is 4.79 Å². The second kappa shape index (κ2) is 5.70. The van der Waals surface area contributed by atoms with Crippen LogP contribution in [0.3, 0.4) is 0 Å². The first-order valence-electron chi connectivity index (χ1n) is 6.23. The van der Waals surface area contributed by atoms with Crippen molar-refractivity contribution >= 4 is 0 Å². The van der Waals surface area contributed by atoms with E-state index in [0.29, 0.717) is 5.56 Å². The van der Waals surface area contributed by atoms with Crippen molar-refractivity contribution in [3.8, 4) is 0 Å². The predicted molar refractivity (Wildman–Crippen MR) is 70.6 cm³/mol. The van der Waals surface area contributed by atoms with Crippen LogP contribution in [0.5, 0.6) is 0 Å². The highest BCUT2D eigenvalue weighted by Gasteiger charge is 2.48. The van der Waals surface area contributed by atoms with Gasteiger partial charge in [-0.05, 0) is 12.5 Å². The Morgan fingerprint density at radius 3 is 3.00 bits per heavy atom. The van der Waals surface area contributed by atoms with Gasteiger partial charge in [0.25, 0.3) is 5.56 Å². The number of H-pyrrole nitrogens is 1. The second-order valence-electron chi connectivity index (χ2n) is 4.91. The normalized spacial score (nSPS) is 28.3. The topological polar surface area (TPSA) is 153 Å². The fourth-order valence-electron chi connectivity index (χ4n) is 2.26. The Morgan fingerprint density at radius 1 is 1.67 bits per heavy atom. The van der Waals surface area contributed by atoms with Crippen molar-refractivity contribution in [2.45, 2.75) is 31.3 Å². The van der Waals surface area contributed by atoms with Crippen molar-refractivity contribution in [1.29, 1.82) is 0 Å². The van der Waals surface area contributed by atoms with E-state index in [9.17, 15) is 19.8 Å². The number of nitrogens with zero attached hydrogens (tertiary/aromatic N) is 4. The molecule has 2 heterocycles. The van der Waals surface area contributed by atoms with Crippen molar-refractivity contribution in [3.63, 3.8) is 0 Å².